The van der Waals surface area contributed by atoms with Crippen LogP contribution in [0, 0.1) is 27.7 Å². The minimum atomic E-state index is 0. The van der Waals surface area contributed by atoms with E-state index >= 15 is 0 Å². The number of carbonyl (C=O) groups excluding carboxylic acids is 2. The molecule has 0 N–H and O–H groups in total. The van der Waals surface area contributed by atoms with Crippen molar-refractivity contribution < 1.29 is 14.3 Å². The number of carbonyl (C=O) groups is 2. The molecule has 0 unspecified atom stereocenters. The first-order valence-electron chi connectivity index (χ1n) is 10.5. The largest absolute Gasteiger partial charge is 0.501 e. The Morgan fingerprint density at radius 2 is 1.24 bits per heavy atom. The first-order chi connectivity index (χ1) is 14.7. The SMILES string of the molecule is C.C.C.COC1=CC(=O)CC1.Cc1ccc(Br)c(C)c1.Cc1ccc(C2=CC(=O)CC2)c(C)c1. The maximum Gasteiger partial charge on any atom is 0.159 e. The molecule has 2 aromatic carbocycles. The van der Waals surface area contributed by atoms with Crippen LogP contribution in [0.25, 0.3) is 5.57 Å². The van der Waals surface area contributed by atoms with E-state index in [0.29, 0.717) is 12.8 Å². The Hall–Kier alpha value is -2.46. The molecule has 0 saturated carbocycles. The monoisotopic (exact) mass is 530 g/mol. The van der Waals surface area contributed by atoms with Gasteiger partial charge in [-0.25, -0.2) is 0 Å². The van der Waals surface area contributed by atoms with Gasteiger partial charge in [-0.15, -0.1) is 0 Å². The summed E-state index contributed by atoms with van der Waals surface area (Å²) >= 11 is 3.43. The third kappa shape index (κ3) is 10.6. The summed E-state index contributed by atoms with van der Waals surface area (Å²) in [5, 5.41) is 0. The minimum absolute atomic E-state index is 0. The molecular weight excluding hydrogens is 488 g/mol. The van der Waals surface area contributed by atoms with Gasteiger partial charge in [-0.1, -0.05) is 79.7 Å². The van der Waals surface area contributed by atoms with E-state index in [-0.39, 0.29) is 33.8 Å². The summed E-state index contributed by atoms with van der Waals surface area (Å²) in [6.07, 6.45) is 6.35. The number of halogens is 1. The van der Waals surface area contributed by atoms with Gasteiger partial charge in [0, 0.05) is 29.8 Å². The topological polar surface area (TPSA) is 43.4 Å². The van der Waals surface area contributed by atoms with Gasteiger partial charge in [-0.05, 0) is 68.5 Å². The Morgan fingerprint density at radius 3 is 1.62 bits per heavy atom. The fourth-order valence-electron chi connectivity index (χ4n) is 3.51. The highest BCUT2D eigenvalue weighted by molar-refractivity contribution is 9.10. The highest BCUT2D eigenvalue weighted by atomic mass is 79.9. The predicted octanol–water partition coefficient (Wildman–Crippen LogP) is 8.90. The van der Waals surface area contributed by atoms with Crippen molar-refractivity contribution in [2.75, 3.05) is 7.11 Å². The molecule has 0 heterocycles. The molecule has 0 bridgehead atoms. The van der Waals surface area contributed by atoms with Crippen molar-refractivity contribution in [2.24, 2.45) is 0 Å². The van der Waals surface area contributed by atoms with Crippen molar-refractivity contribution in [3.63, 3.8) is 0 Å². The Balaban J connectivity index is 0. The van der Waals surface area contributed by atoms with Gasteiger partial charge in [-0.3, -0.25) is 9.59 Å². The molecule has 0 aromatic heterocycles. The molecule has 0 saturated heterocycles. The van der Waals surface area contributed by atoms with Crippen LogP contribution in [0.15, 0.2) is 58.8 Å². The molecule has 3 nitrogen and oxygen atoms in total. The number of benzene rings is 2. The summed E-state index contributed by atoms with van der Waals surface area (Å²) in [5.41, 5.74) is 7.60. The van der Waals surface area contributed by atoms with Crippen molar-refractivity contribution in [1.82, 2.24) is 0 Å². The highest BCUT2D eigenvalue weighted by Crippen LogP contribution is 2.28. The van der Waals surface area contributed by atoms with Gasteiger partial charge in [0.05, 0.1) is 12.9 Å². The van der Waals surface area contributed by atoms with Crippen molar-refractivity contribution in [2.45, 2.75) is 75.7 Å². The Morgan fingerprint density at radius 1 is 0.706 bits per heavy atom. The van der Waals surface area contributed by atoms with E-state index in [4.69, 9.17) is 4.74 Å². The third-order valence-corrected chi connectivity index (χ3v) is 6.11. The Labute approximate surface area is 216 Å². The molecule has 4 heteroatoms. The van der Waals surface area contributed by atoms with Crippen LogP contribution in [0.2, 0.25) is 0 Å². The molecule has 0 amide bonds. The van der Waals surface area contributed by atoms with E-state index in [2.05, 4.69) is 80.0 Å². The molecule has 0 spiro atoms. The van der Waals surface area contributed by atoms with Crippen LogP contribution in [0.1, 0.15) is 75.8 Å². The fourth-order valence-corrected chi connectivity index (χ4v) is 3.76. The van der Waals surface area contributed by atoms with Gasteiger partial charge in [-0.2, -0.15) is 0 Å². The summed E-state index contributed by atoms with van der Waals surface area (Å²) in [6.45, 7) is 8.38. The normalized spacial score (nSPS) is 13.5. The van der Waals surface area contributed by atoms with Crippen LogP contribution in [-0.2, 0) is 14.3 Å². The number of aryl methyl sites for hydroxylation is 4. The van der Waals surface area contributed by atoms with Crippen LogP contribution in [-0.4, -0.2) is 18.7 Å². The zero-order valence-electron chi connectivity index (χ0n) is 19.0. The Kier molecular flexibility index (Phi) is 16.1. The van der Waals surface area contributed by atoms with Gasteiger partial charge in [0.25, 0.3) is 0 Å². The number of methoxy groups -OCH3 is 1. The van der Waals surface area contributed by atoms with Gasteiger partial charge in [0.2, 0.25) is 0 Å². The summed E-state index contributed by atoms with van der Waals surface area (Å²) in [4.78, 5) is 21.6. The van der Waals surface area contributed by atoms with Crippen molar-refractivity contribution in [1.29, 1.82) is 0 Å². The Bertz CT molecular complexity index is 1020. The third-order valence-electron chi connectivity index (χ3n) is 5.22. The van der Waals surface area contributed by atoms with Gasteiger partial charge < -0.3 is 4.74 Å². The van der Waals surface area contributed by atoms with E-state index in [1.54, 1.807) is 19.3 Å². The standard InChI is InChI=1S/C13H14O.C8H9Br.C6H8O2.3CH4/c1-9-3-6-13(10(2)7-9)11-4-5-12(14)8-11;1-6-3-4-8(9)7(2)5-6;1-8-6-3-2-5(7)4-6;;;/h3,6-8H,4-5H2,1-2H3;3-5H,1-2H3;4H,2-3H2,1H3;3*1H4. The zero-order chi connectivity index (χ0) is 23.0. The molecule has 0 aliphatic heterocycles. The molecule has 2 aromatic rings. The second-order valence-corrected chi connectivity index (χ2v) is 8.84. The highest BCUT2D eigenvalue weighted by Gasteiger charge is 2.14. The van der Waals surface area contributed by atoms with Gasteiger partial charge >= 0.3 is 0 Å². The summed E-state index contributed by atoms with van der Waals surface area (Å²) in [7, 11) is 1.59. The van der Waals surface area contributed by atoms with Crippen molar-refractivity contribution in [3.8, 4) is 0 Å². The van der Waals surface area contributed by atoms with Crippen molar-refractivity contribution >= 4 is 33.1 Å². The number of hydrogen-bond donors (Lipinski definition) is 0. The summed E-state index contributed by atoms with van der Waals surface area (Å²) < 4.78 is 6.01. The van der Waals surface area contributed by atoms with E-state index < -0.39 is 0 Å². The minimum Gasteiger partial charge on any atom is -0.501 e. The average Bonchev–Trinajstić information content (AvgIpc) is 3.34. The number of hydrogen-bond acceptors (Lipinski definition) is 3. The number of ether oxygens (including phenoxy) is 1. The van der Waals surface area contributed by atoms with Gasteiger partial charge in [0.1, 0.15) is 0 Å². The zero-order valence-corrected chi connectivity index (χ0v) is 20.6. The lowest BCUT2D eigenvalue weighted by Gasteiger charge is -2.06. The first-order valence-corrected chi connectivity index (χ1v) is 11.3. The second-order valence-electron chi connectivity index (χ2n) is 7.99. The molecule has 0 radical (unpaired) electrons. The van der Waals surface area contributed by atoms with E-state index in [1.165, 1.54) is 37.9 Å². The second kappa shape index (κ2) is 16.2. The lowest BCUT2D eigenvalue weighted by atomic mass is 9.98. The van der Waals surface area contributed by atoms with Crippen LogP contribution in [0.4, 0.5) is 0 Å². The van der Waals surface area contributed by atoms with E-state index in [0.717, 1.165) is 18.6 Å². The number of allylic oxidation sites excluding steroid dienone is 4. The van der Waals surface area contributed by atoms with E-state index in [1.807, 2.05) is 0 Å². The van der Waals surface area contributed by atoms with E-state index in [9.17, 15) is 9.59 Å². The van der Waals surface area contributed by atoms with Crippen LogP contribution in [0.5, 0.6) is 0 Å². The summed E-state index contributed by atoms with van der Waals surface area (Å²) in [5.74, 6) is 1.26. The molecular formula is C30H43BrO3. The predicted molar refractivity (Wildman–Crippen MR) is 151 cm³/mol. The molecule has 2 aliphatic rings. The fraction of sp³-hybridized carbons (Fsp3) is 0.400. The quantitative estimate of drug-likeness (QED) is 0.389. The average molecular weight is 532 g/mol. The lowest BCUT2D eigenvalue weighted by Crippen LogP contribution is -1.87. The van der Waals surface area contributed by atoms with Crippen molar-refractivity contribution in [3.05, 3.63) is 86.6 Å². The molecule has 0 atom stereocenters. The maximum atomic E-state index is 11.1. The van der Waals surface area contributed by atoms with Crippen LogP contribution >= 0.6 is 15.9 Å². The first kappa shape index (κ1) is 33.7. The lowest BCUT2D eigenvalue weighted by molar-refractivity contribution is -0.114. The molecule has 0 fully saturated rings. The maximum absolute atomic E-state index is 11.1. The molecule has 34 heavy (non-hydrogen) atoms. The smallest absolute Gasteiger partial charge is 0.159 e. The van der Waals surface area contributed by atoms with Crippen LogP contribution in [0.3, 0.4) is 0 Å². The van der Waals surface area contributed by atoms with Crippen LogP contribution < -0.4 is 0 Å². The number of ketones is 2. The summed E-state index contributed by atoms with van der Waals surface area (Å²) in [6, 6.07) is 12.7. The van der Waals surface area contributed by atoms with Gasteiger partial charge in [0.15, 0.2) is 11.6 Å². The number of rotatable bonds is 2. The molecule has 188 valence electrons. The molecule has 2 aliphatic carbocycles. The molecule has 4 rings (SSSR count).